The molecule has 0 aliphatic rings. The molecule has 5 nitrogen and oxygen atoms in total. The summed E-state index contributed by atoms with van der Waals surface area (Å²) >= 11 is 0. The Labute approximate surface area is 108 Å². The summed E-state index contributed by atoms with van der Waals surface area (Å²) in [7, 11) is 4.10. The lowest BCUT2D eigenvalue weighted by molar-refractivity contribution is 0.0661. The third-order valence-electron chi connectivity index (χ3n) is 2.88. The largest absolute Gasteiger partial charge is 0.475 e. The first-order valence-corrected chi connectivity index (χ1v) is 6.11. The fourth-order valence-corrected chi connectivity index (χ4v) is 1.64. The van der Waals surface area contributed by atoms with E-state index in [4.69, 9.17) is 9.52 Å². The molecule has 0 aromatic carbocycles. The van der Waals surface area contributed by atoms with Crippen LogP contribution in [0.1, 0.15) is 35.2 Å². The molecule has 0 saturated carbocycles. The molecule has 1 unspecified atom stereocenters. The van der Waals surface area contributed by atoms with E-state index in [1.807, 2.05) is 14.1 Å². The highest BCUT2D eigenvalue weighted by molar-refractivity contribution is 5.84. The number of carboxylic acid groups (broad SMARTS) is 1. The molecule has 1 atom stereocenters. The third kappa shape index (κ3) is 4.50. The Morgan fingerprint density at radius 3 is 2.72 bits per heavy atom. The molecule has 0 spiro atoms. The Morgan fingerprint density at radius 2 is 2.22 bits per heavy atom. The van der Waals surface area contributed by atoms with E-state index < -0.39 is 5.97 Å². The van der Waals surface area contributed by atoms with E-state index in [0.29, 0.717) is 18.3 Å². The van der Waals surface area contributed by atoms with Gasteiger partial charge in [0.1, 0.15) is 5.76 Å². The van der Waals surface area contributed by atoms with Crippen molar-refractivity contribution in [1.82, 2.24) is 10.2 Å². The van der Waals surface area contributed by atoms with Crippen LogP contribution in [0.15, 0.2) is 10.5 Å². The van der Waals surface area contributed by atoms with Crippen molar-refractivity contribution in [3.05, 3.63) is 23.2 Å². The summed E-state index contributed by atoms with van der Waals surface area (Å²) in [6.45, 7) is 5.57. The van der Waals surface area contributed by atoms with Crippen LogP contribution in [0.4, 0.5) is 0 Å². The highest BCUT2D eigenvalue weighted by atomic mass is 16.4. The maximum Gasteiger partial charge on any atom is 0.371 e. The standard InChI is InChI=1S/C13H22N2O3/c1-9(5-6-15(3)4)14-8-11-7-12(13(16)17)18-10(11)2/h7,9,14H,5-6,8H2,1-4H3,(H,16,17). The van der Waals surface area contributed by atoms with E-state index in [2.05, 4.69) is 17.1 Å². The first-order chi connectivity index (χ1) is 8.40. The molecule has 0 amide bonds. The van der Waals surface area contributed by atoms with E-state index in [9.17, 15) is 4.79 Å². The minimum atomic E-state index is -1.02. The predicted molar refractivity (Wildman–Crippen MR) is 69.9 cm³/mol. The molecule has 0 radical (unpaired) electrons. The molecule has 0 bridgehead atoms. The minimum absolute atomic E-state index is 0.00486. The monoisotopic (exact) mass is 254 g/mol. The highest BCUT2D eigenvalue weighted by Gasteiger charge is 2.13. The summed E-state index contributed by atoms with van der Waals surface area (Å²) in [5.41, 5.74) is 0.907. The molecule has 2 N–H and O–H groups in total. The molecule has 0 saturated heterocycles. The van der Waals surface area contributed by atoms with Gasteiger partial charge in [-0.2, -0.15) is 0 Å². The number of carboxylic acids is 1. The molecule has 102 valence electrons. The van der Waals surface area contributed by atoms with Gasteiger partial charge in [0, 0.05) is 18.2 Å². The van der Waals surface area contributed by atoms with Gasteiger partial charge in [-0.1, -0.05) is 0 Å². The Hall–Kier alpha value is -1.33. The zero-order chi connectivity index (χ0) is 13.7. The van der Waals surface area contributed by atoms with Gasteiger partial charge < -0.3 is 19.7 Å². The molecule has 0 fully saturated rings. The maximum atomic E-state index is 10.8. The molecular formula is C13H22N2O3. The quantitative estimate of drug-likeness (QED) is 0.775. The molecule has 1 aromatic rings. The van der Waals surface area contributed by atoms with E-state index in [0.717, 1.165) is 18.5 Å². The number of hydrogen-bond donors (Lipinski definition) is 2. The summed E-state index contributed by atoms with van der Waals surface area (Å²) in [4.78, 5) is 12.9. The van der Waals surface area contributed by atoms with Gasteiger partial charge in [-0.3, -0.25) is 0 Å². The average Bonchev–Trinajstić information content (AvgIpc) is 2.65. The smallest absolute Gasteiger partial charge is 0.371 e. The van der Waals surface area contributed by atoms with Gasteiger partial charge in [-0.25, -0.2) is 4.79 Å². The molecule has 1 aromatic heterocycles. The molecular weight excluding hydrogens is 232 g/mol. The van der Waals surface area contributed by atoms with Crippen LogP contribution in [0.3, 0.4) is 0 Å². The van der Waals surface area contributed by atoms with Crippen LogP contribution in [0.5, 0.6) is 0 Å². The van der Waals surface area contributed by atoms with Crippen molar-refractivity contribution in [3.63, 3.8) is 0 Å². The second-order valence-electron chi connectivity index (χ2n) is 4.87. The number of nitrogens with zero attached hydrogens (tertiary/aromatic N) is 1. The zero-order valence-corrected chi connectivity index (χ0v) is 11.5. The maximum absolute atomic E-state index is 10.8. The van der Waals surface area contributed by atoms with Gasteiger partial charge in [0.25, 0.3) is 0 Å². The van der Waals surface area contributed by atoms with Crippen LogP contribution >= 0.6 is 0 Å². The Bertz CT molecular complexity index is 399. The van der Waals surface area contributed by atoms with E-state index >= 15 is 0 Å². The van der Waals surface area contributed by atoms with Gasteiger partial charge in [-0.15, -0.1) is 0 Å². The number of aryl methyl sites for hydroxylation is 1. The van der Waals surface area contributed by atoms with E-state index in [1.54, 1.807) is 13.0 Å². The Kier molecular flexibility index (Phi) is 5.37. The van der Waals surface area contributed by atoms with Crippen LogP contribution in [-0.4, -0.2) is 42.7 Å². The highest BCUT2D eigenvalue weighted by Crippen LogP contribution is 2.14. The second-order valence-corrected chi connectivity index (χ2v) is 4.87. The summed E-state index contributed by atoms with van der Waals surface area (Å²) in [6, 6.07) is 1.97. The topological polar surface area (TPSA) is 65.7 Å². The molecule has 1 rings (SSSR count). The summed E-state index contributed by atoms with van der Waals surface area (Å²) in [5, 5.41) is 12.2. The van der Waals surface area contributed by atoms with Gasteiger partial charge >= 0.3 is 5.97 Å². The van der Waals surface area contributed by atoms with Crippen LogP contribution in [0.2, 0.25) is 0 Å². The number of aromatic carboxylic acids is 1. The molecule has 5 heteroatoms. The zero-order valence-electron chi connectivity index (χ0n) is 11.5. The molecule has 1 heterocycles. The third-order valence-corrected chi connectivity index (χ3v) is 2.88. The van der Waals surface area contributed by atoms with Gasteiger partial charge in [0.15, 0.2) is 0 Å². The van der Waals surface area contributed by atoms with Crippen molar-refractivity contribution < 1.29 is 14.3 Å². The lowest BCUT2D eigenvalue weighted by Gasteiger charge is -2.16. The van der Waals surface area contributed by atoms with E-state index in [1.165, 1.54) is 0 Å². The van der Waals surface area contributed by atoms with Crippen molar-refractivity contribution >= 4 is 5.97 Å². The molecule has 0 aliphatic heterocycles. The number of carbonyl (C=O) groups is 1. The van der Waals surface area contributed by atoms with Gasteiger partial charge in [0.2, 0.25) is 5.76 Å². The number of hydrogen-bond acceptors (Lipinski definition) is 4. The number of rotatable bonds is 7. The first kappa shape index (κ1) is 14.7. The normalized spacial score (nSPS) is 12.9. The summed E-state index contributed by atoms with van der Waals surface area (Å²) < 4.78 is 5.16. The van der Waals surface area contributed by atoms with Crippen molar-refractivity contribution in [2.75, 3.05) is 20.6 Å². The Balaban J connectivity index is 2.45. The Morgan fingerprint density at radius 1 is 1.56 bits per heavy atom. The lowest BCUT2D eigenvalue weighted by atomic mass is 10.2. The van der Waals surface area contributed by atoms with Crippen molar-refractivity contribution in [1.29, 1.82) is 0 Å². The number of nitrogens with one attached hydrogen (secondary N) is 1. The van der Waals surface area contributed by atoms with Crippen LogP contribution in [0, 0.1) is 6.92 Å². The minimum Gasteiger partial charge on any atom is -0.475 e. The molecule has 18 heavy (non-hydrogen) atoms. The van der Waals surface area contributed by atoms with Crippen LogP contribution in [0.25, 0.3) is 0 Å². The second kappa shape index (κ2) is 6.56. The SMILES string of the molecule is Cc1oc(C(=O)O)cc1CNC(C)CCN(C)C. The average molecular weight is 254 g/mol. The van der Waals surface area contributed by atoms with Crippen LogP contribution in [-0.2, 0) is 6.54 Å². The number of furan rings is 1. The van der Waals surface area contributed by atoms with Crippen LogP contribution < -0.4 is 5.32 Å². The lowest BCUT2D eigenvalue weighted by Crippen LogP contribution is -2.29. The fourth-order valence-electron chi connectivity index (χ4n) is 1.64. The molecule has 0 aliphatic carbocycles. The van der Waals surface area contributed by atoms with Crippen molar-refractivity contribution in [2.24, 2.45) is 0 Å². The predicted octanol–water partition coefficient (Wildman–Crippen LogP) is 1.72. The first-order valence-electron chi connectivity index (χ1n) is 6.11. The van der Waals surface area contributed by atoms with E-state index in [-0.39, 0.29) is 5.76 Å². The van der Waals surface area contributed by atoms with Crippen molar-refractivity contribution in [3.8, 4) is 0 Å². The van der Waals surface area contributed by atoms with Gasteiger partial charge in [0.05, 0.1) is 0 Å². The van der Waals surface area contributed by atoms with Crippen molar-refractivity contribution in [2.45, 2.75) is 32.9 Å². The fraction of sp³-hybridized carbons (Fsp3) is 0.615. The summed E-state index contributed by atoms with van der Waals surface area (Å²) in [6.07, 6.45) is 1.05. The van der Waals surface area contributed by atoms with Gasteiger partial charge in [-0.05, 0) is 47.0 Å². The summed E-state index contributed by atoms with van der Waals surface area (Å²) in [5.74, 6) is -0.352.